The minimum Gasteiger partial charge on any atom is -0.393 e. The summed E-state index contributed by atoms with van der Waals surface area (Å²) >= 11 is 8.19. The lowest BCUT2D eigenvalue weighted by molar-refractivity contribution is 0.0521. The first-order chi connectivity index (χ1) is 8.99. The fourth-order valence-electron chi connectivity index (χ4n) is 2.40. The molecule has 1 fully saturated rings. The first-order valence-corrected chi connectivity index (χ1v) is 7.87. The third-order valence-electron chi connectivity index (χ3n) is 3.68. The van der Waals surface area contributed by atoms with E-state index in [1.54, 1.807) is 6.07 Å². The van der Waals surface area contributed by atoms with Crippen LogP contribution in [0.3, 0.4) is 0 Å². The summed E-state index contributed by atoms with van der Waals surface area (Å²) in [6.07, 6.45) is 1.44. The van der Waals surface area contributed by atoms with Crippen LogP contribution in [-0.4, -0.2) is 35.1 Å². The third-order valence-corrected chi connectivity index (χ3v) is 5.25. The minimum absolute atomic E-state index is 0.0299. The molecule has 1 aliphatic rings. The first-order valence-electron chi connectivity index (χ1n) is 6.41. The van der Waals surface area contributed by atoms with Gasteiger partial charge in [0.15, 0.2) is 0 Å². The molecule has 1 saturated heterocycles. The van der Waals surface area contributed by atoms with Gasteiger partial charge in [-0.2, -0.15) is 0 Å². The molecule has 1 N–H and O–H groups in total. The number of rotatable bonds is 2. The number of amides is 1. The SMILES string of the molecule is CC(O)C1CCN(C(=O)c2ccc(I)c(Cl)c2)CC1. The Hall–Kier alpha value is -0.330. The third kappa shape index (κ3) is 3.61. The van der Waals surface area contributed by atoms with Gasteiger partial charge in [0.2, 0.25) is 0 Å². The van der Waals surface area contributed by atoms with Crippen molar-refractivity contribution in [1.29, 1.82) is 0 Å². The van der Waals surface area contributed by atoms with E-state index in [2.05, 4.69) is 22.6 Å². The smallest absolute Gasteiger partial charge is 0.253 e. The van der Waals surface area contributed by atoms with Gasteiger partial charge in [0.1, 0.15) is 0 Å². The first kappa shape index (κ1) is 15.1. The van der Waals surface area contributed by atoms with E-state index in [0.29, 0.717) is 29.6 Å². The van der Waals surface area contributed by atoms with Crippen LogP contribution in [0.1, 0.15) is 30.1 Å². The molecule has 2 rings (SSSR count). The van der Waals surface area contributed by atoms with Crippen LogP contribution in [0.4, 0.5) is 0 Å². The van der Waals surface area contributed by atoms with E-state index >= 15 is 0 Å². The number of carbonyl (C=O) groups is 1. The van der Waals surface area contributed by atoms with Gasteiger partial charge in [-0.3, -0.25) is 4.79 Å². The molecule has 1 aliphatic heterocycles. The average Bonchev–Trinajstić information content (AvgIpc) is 2.41. The van der Waals surface area contributed by atoms with Gasteiger partial charge >= 0.3 is 0 Å². The second-order valence-corrected chi connectivity index (χ2v) is 6.57. The Balaban J connectivity index is 2.03. The fraction of sp³-hybridized carbons (Fsp3) is 0.500. The number of aliphatic hydroxyl groups is 1. The zero-order chi connectivity index (χ0) is 14.0. The highest BCUT2D eigenvalue weighted by molar-refractivity contribution is 14.1. The summed E-state index contributed by atoms with van der Waals surface area (Å²) in [5.74, 6) is 0.340. The summed E-state index contributed by atoms with van der Waals surface area (Å²) < 4.78 is 0.948. The molecule has 19 heavy (non-hydrogen) atoms. The van der Waals surface area contributed by atoms with Crippen molar-refractivity contribution in [3.05, 3.63) is 32.4 Å². The molecule has 3 nitrogen and oxygen atoms in total. The Morgan fingerprint density at radius 1 is 1.47 bits per heavy atom. The summed E-state index contributed by atoms with van der Waals surface area (Å²) in [7, 11) is 0. The van der Waals surface area contributed by atoms with E-state index < -0.39 is 0 Å². The van der Waals surface area contributed by atoms with Gasteiger partial charge in [-0.25, -0.2) is 0 Å². The molecular formula is C14H17ClINO2. The molecule has 1 atom stereocenters. The summed E-state index contributed by atoms with van der Waals surface area (Å²) in [6.45, 7) is 3.23. The number of likely N-dealkylation sites (tertiary alicyclic amines) is 1. The normalized spacial score (nSPS) is 18.4. The molecule has 1 amide bonds. The summed E-state index contributed by atoms with van der Waals surface area (Å²) in [5, 5.41) is 10.2. The zero-order valence-electron chi connectivity index (χ0n) is 10.8. The number of benzene rings is 1. The second kappa shape index (κ2) is 6.41. The summed E-state index contributed by atoms with van der Waals surface area (Å²) in [4.78, 5) is 14.2. The van der Waals surface area contributed by atoms with E-state index in [0.717, 1.165) is 16.4 Å². The van der Waals surface area contributed by atoms with Crippen molar-refractivity contribution in [2.75, 3.05) is 13.1 Å². The van der Waals surface area contributed by atoms with Gasteiger partial charge in [-0.1, -0.05) is 11.6 Å². The number of carbonyl (C=O) groups excluding carboxylic acids is 1. The molecular weight excluding hydrogens is 377 g/mol. The monoisotopic (exact) mass is 393 g/mol. The van der Waals surface area contributed by atoms with Gasteiger partial charge in [0.05, 0.1) is 11.1 Å². The standard InChI is InChI=1S/C14H17ClINO2/c1-9(18)10-4-6-17(7-5-10)14(19)11-2-3-13(16)12(15)8-11/h2-3,8-10,18H,4-7H2,1H3. The highest BCUT2D eigenvalue weighted by atomic mass is 127. The number of piperidine rings is 1. The van der Waals surface area contributed by atoms with E-state index in [9.17, 15) is 9.90 Å². The minimum atomic E-state index is -0.287. The quantitative estimate of drug-likeness (QED) is 0.784. The Labute approximate surface area is 132 Å². The molecule has 104 valence electrons. The van der Waals surface area contributed by atoms with Gasteiger partial charge in [0, 0.05) is 22.2 Å². The highest BCUT2D eigenvalue weighted by Crippen LogP contribution is 2.24. The molecule has 0 aliphatic carbocycles. The maximum atomic E-state index is 12.3. The van der Waals surface area contributed by atoms with Gasteiger partial charge in [-0.05, 0) is 66.5 Å². The summed E-state index contributed by atoms with van der Waals surface area (Å²) in [5.41, 5.74) is 0.640. The molecule has 1 aromatic rings. The van der Waals surface area contributed by atoms with Crippen LogP contribution in [0, 0.1) is 9.49 Å². The number of nitrogens with zero attached hydrogens (tertiary/aromatic N) is 1. The molecule has 0 aromatic heterocycles. The number of hydrogen-bond acceptors (Lipinski definition) is 2. The molecule has 1 heterocycles. The van der Waals surface area contributed by atoms with Crippen LogP contribution >= 0.6 is 34.2 Å². The van der Waals surface area contributed by atoms with Crippen molar-refractivity contribution >= 4 is 40.1 Å². The highest BCUT2D eigenvalue weighted by Gasteiger charge is 2.26. The molecule has 1 unspecified atom stereocenters. The van der Waals surface area contributed by atoms with Crippen molar-refractivity contribution in [2.45, 2.75) is 25.9 Å². The van der Waals surface area contributed by atoms with E-state index in [1.807, 2.05) is 24.0 Å². The van der Waals surface area contributed by atoms with Crippen LogP contribution in [0.2, 0.25) is 5.02 Å². The maximum Gasteiger partial charge on any atom is 0.253 e. The Kier molecular flexibility index (Phi) is 5.09. The van der Waals surface area contributed by atoms with Crippen molar-refractivity contribution in [3.8, 4) is 0 Å². The zero-order valence-corrected chi connectivity index (χ0v) is 13.7. The number of halogens is 2. The molecule has 0 saturated carbocycles. The molecule has 5 heteroatoms. The molecule has 0 bridgehead atoms. The lowest BCUT2D eigenvalue weighted by Crippen LogP contribution is -2.40. The Bertz CT molecular complexity index is 471. The second-order valence-electron chi connectivity index (χ2n) is 5.00. The van der Waals surface area contributed by atoms with Gasteiger partial charge < -0.3 is 10.0 Å². The van der Waals surface area contributed by atoms with Crippen LogP contribution in [0.5, 0.6) is 0 Å². The maximum absolute atomic E-state index is 12.3. The Morgan fingerprint density at radius 3 is 2.63 bits per heavy atom. The van der Waals surface area contributed by atoms with E-state index in [-0.39, 0.29) is 12.0 Å². The van der Waals surface area contributed by atoms with Gasteiger partial charge in [0.25, 0.3) is 5.91 Å². The predicted octanol–water partition coefficient (Wildman–Crippen LogP) is 3.18. The Morgan fingerprint density at radius 2 is 2.11 bits per heavy atom. The van der Waals surface area contributed by atoms with Crippen molar-refractivity contribution in [2.24, 2.45) is 5.92 Å². The fourth-order valence-corrected chi connectivity index (χ4v) is 2.91. The topological polar surface area (TPSA) is 40.5 Å². The predicted molar refractivity (Wildman–Crippen MR) is 84.5 cm³/mol. The summed E-state index contributed by atoms with van der Waals surface area (Å²) in [6, 6.07) is 5.40. The van der Waals surface area contributed by atoms with E-state index in [4.69, 9.17) is 11.6 Å². The lowest BCUT2D eigenvalue weighted by Gasteiger charge is -2.33. The van der Waals surface area contributed by atoms with Gasteiger partial charge in [-0.15, -0.1) is 0 Å². The number of hydrogen-bond donors (Lipinski definition) is 1. The average molecular weight is 394 g/mol. The van der Waals surface area contributed by atoms with E-state index in [1.165, 1.54) is 0 Å². The van der Waals surface area contributed by atoms with Crippen molar-refractivity contribution in [1.82, 2.24) is 4.90 Å². The van der Waals surface area contributed by atoms with Crippen LogP contribution in [0.15, 0.2) is 18.2 Å². The lowest BCUT2D eigenvalue weighted by atomic mass is 9.92. The molecule has 1 aromatic carbocycles. The number of aliphatic hydroxyl groups excluding tert-OH is 1. The largest absolute Gasteiger partial charge is 0.393 e. The van der Waals surface area contributed by atoms with Crippen LogP contribution < -0.4 is 0 Å². The van der Waals surface area contributed by atoms with Crippen LogP contribution in [0.25, 0.3) is 0 Å². The molecule has 0 spiro atoms. The van der Waals surface area contributed by atoms with Crippen molar-refractivity contribution in [3.63, 3.8) is 0 Å². The molecule has 0 radical (unpaired) electrons. The van der Waals surface area contributed by atoms with Crippen LogP contribution in [-0.2, 0) is 0 Å². The van der Waals surface area contributed by atoms with Crippen molar-refractivity contribution < 1.29 is 9.90 Å².